The highest BCUT2D eigenvalue weighted by Gasteiger charge is 1.96. The lowest BCUT2D eigenvalue weighted by Gasteiger charge is -2.03. The summed E-state index contributed by atoms with van der Waals surface area (Å²) < 4.78 is 0. The molecular weight excluding hydrogens is 222 g/mol. The van der Waals surface area contributed by atoms with Crippen LogP contribution in [0.1, 0.15) is 51.4 Å². The van der Waals surface area contributed by atoms with E-state index in [-0.39, 0.29) is 11.8 Å². The van der Waals surface area contributed by atoms with Gasteiger partial charge >= 0.3 is 0 Å². The summed E-state index contributed by atoms with van der Waals surface area (Å²) in [5.74, 6) is 0.00892. The molecule has 0 saturated carbocycles. The molecule has 0 aromatic rings. The van der Waals surface area contributed by atoms with Gasteiger partial charge in [0.05, 0.1) is 0 Å². The molecule has 0 fully saturated rings. The second-order valence-electron chi connectivity index (χ2n) is 4.04. The SMILES string of the molecule is C=CCCCCCCCCCNC(=O)CCl. The molecule has 94 valence electrons. The molecule has 0 radical (unpaired) electrons. The van der Waals surface area contributed by atoms with Crippen LogP contribution in [0.3, 0.4) is 0 Å². The summed E-state index contributed by atoms with van der Waals surface area (Å²) in [6.07, 6.45) is 11.9. The van der Waals surface area contributed by atoms with Crippen LogP contribution in [0.5, 0.6) is 0 Å². The third-order valence-corrected chi connectivity index (χ3v) is 2.77. The Kier molecular flexibility index (Phi) is 12.2. The molecule has 0 heterocycles. The fraction of sp³-hybridized carbons (Fsp3) is 0.769. The minimum Gasteiger partial charge on any atom is -0.355 e. The third-order valence-electron chi connectivity index (χ3n) is 2.53. The van der Waals surface area contributed by atoms with Crippen molar-refractivity contribution in [1.82, 2.24) is 5.32 Å². The van der Waals surface area contributed by atoms with Gasteiger partial charge < -0.3 is 5.32 Å². The number of rotatable bonds is 11. The molecule has 0 rings (SSSR count). The van der Waals surface area contributed by atoms with Crippen LogP contribution < -0.4 is 5.32 Å². The van der Waals surface area contributed by atoms with Crippen molar-refractivity contribution in [2.45, 2.75) is 51.4 Å². The van der Waals surface area contributed by atoms with Crippen molar-refractivity contribution in [3.05, 3.63) is 12.7 Å². The molecule has 0 aliphatic heterocycles. The summed E-state index contributed by atoms with van der Waals surface area (Å²) in [7, 11) is 0. The van der Waals surface area contributed by atoms with E-state index in [1.807, 2.05) is 6.08 Å². The van der Waals surface area contributed by atoms with Gasteiger partial charge in [0.25, 0.3) is 0 Å². The standard InChI is InChI=1S/C13H24ClNO/c1-2-3-4-5-6-7-8-9-10-11-15-13(16)12-14/h2H,1,3-12H2,(H,15,16). The summed E-state index contributed by atoms with van der Waals surface area (Å²) in [6.45, 7) is 4.47. The van der Waals surface area contributed by atoms with Crippen molar-refractivity contribution in [1.29, 1.82) is 0 Å². The Morgan fingerprint density at radius 2 is 1.62 bits per heavy atom. The first-order valence-corrected chi connectivity index (χ1v) is 6.78. The first-order valence-electron chi connectivity index (χ1n) is 6.24. The first-order chi connectivity index (χ1) is 7.81. The van der Waals surface area contributed by atoms with Crippen LogP contribution in [-0.2, 0) is 4.79 Å². The Morgan fingerprint density at radius 1 is 1.06 bits per heavy atom. The lowest BCUT2D eigenvalue weighted by molar-refractivity contribution is -0.118. The zero-order valence-electron chi connectivity index (χ0n) is 10.1. The molecule has 2 nitrogen and oxygen atoms in total. The third kappa shape index (κ3) is 11.6. The van der Waals surface area contributed by atoms with Gasteiger partial charge in [-0.25, -0.2) is 0 Å². The normalized spacial score (nSPS) is 10.1. The highest BCUT2D eigenvalue weighted by molar-refractivity contribution is 6.27. The van der Waals surface area contributed by atoms with Crippen molar-refractivity contribution in [2.24, 2.45) is 0 Å². The lowest BCUT2D eigenvalue weighted by atomic mass is 10.1. The second kappa shape index (κ2) is 12.6. The van der Waals surface area contributed by atoms with E-state index in [9.17, 15) is 4.79 Å². The quantitative estimate of drug-likeness (QED) is 0.336. The maximum atomic E-state index is 10.8. The topological polar surface area (TPSA) is 29.1 Å². The van der Waals surface area contributed by atoms with Crippen LogP contribution in [-0.4, -0.2) is 18.3 Å². The lowest BCUT2D eigenvalue weighted by Crippen LogP contribution is -2.25. The van der Waals surface area contributed by atoms with Gasteiger partial charge in [0.2, 0.25) is 5.91 Å². The van der Waals surface area contributed by atoms with E-state index in [0.29, 0.717) is 0 Å². The Hall–Kier alpha value is -0.500. The largest absolute Gasteiger partial charge is 0.355 e. The summed E-state index contributed by atoms with van der Waals surface area (Å²) in [4.78, 5) is 10.8. The van der Waals surface area contributed by atoms with Crippen LogP contribution in [0.15, 0.2) is 12.7 Å². The average Bonchev–Trinajstić information content (AvgIpc) is 2.31. The highest BCUT2D eigenvalue weighted by Crippen LogP contribution is 2.08. The molecule has 0 aromatic heterocycles. The molecule has 1 N–H and O–H groups in total. The zero-order chi connectivity index (χ0) is 12.1. The van der Waals surface area contributed by atoms with E-state index in [1.165, 1.54) is 38.5 Å². The van der Waals surface area contributed by atoms with Crippen molar-refractivity contribution >= 4 is 17.5 Å². The average molecular weight is 246 g/mol. The van der Waals surface area contributed by atoms with Crippen molar-refractivity contribution < 1.29 is 4.79 Å². The van der Waals surface area contributed by atoms with Crippen LogP contribution in [0, 0.1) is 0 Å². The van der Waals surface area contributed by atoms with Crippen LogP contribution in [0.2, 0.25) is 0 Å². The van der Waals surface area contributed by atoms with Crippen LogP contribution in [0.25, 0.3) is 0 Å². The molecule has 0 bridgehead atoms. The molecule has 0 atom stereocenters. The first kappa shape index (κ1) is 15.5. The Labute approximate surface area is 104 Å². The number of hydrogen-bond donors (Lipinski definition) is 1. The molecule has 1 amide bonds. The minimum atomic E-state index is -0.0638. The Bertz CT molecular complexity index is 183. The Morgan fingerprint density at radius 3 is 2.19 bits per heavy atom. The second-order valence-corrected chi connectivity index (χ2v) is 4.30. The van der Waals surface area contributed by atoms with Crippen LogP contribution >= 0.6 is 11.6 Å². The fourth-order valence-corrected chi connectivity index (χ4v) is 1.67. The number of hydrogen-bond acceptors (Lipinski definition) is 1. The number of halogens is 1. The summed E-state index contributed by atoms with van der Waals surface area (Å²) in [5.41, 5.74) is 0. The molecule has 0 aliphatic rings. The molecule has 16 heavy (non-hydrogen) atoms. The van der Waals surface area contributed by atoms with E-state index >= 15 is 0 Å². The van der Waals surface area contributed by atoms with Crippen molar-refractivity contribution in [3.8, 4) is 0 Å². The summed E-state index contributed by atoms with van der Waals surface area (Å²) in [6, 6.07) is 0. The molecule has 0 unspecified atom stereocenters. The molecule has 3 heteroatoms. The van der Waals surface area contributed by atoms with Crippen LogP contribution in [0.4, 0.5) is 0 Å². The smallest absolute Gasteiger partial charge is 0.234 e. The van der Waals surface area contributed by atoms with Gasteiger partial charge in [-0.15, -0.1) is 18.2 Å². The van der Waals surface area contributed by atoms with Gasteiger partial charge in [0.15, 0.2) is 0 Å². The number of amides is 1. The van der Waals surface area contributed by atoms with E-state index in [4.69, 9.17) is 11.6 Å². The monoisotopic (exact) mass is 245 g/mol. The van der Waals surface area contributed by atoms with Gasteiger partial charge in [-0.2, -0.15) is 0 Å². The summed E-state index contributed by atoms with van der Waals surface area (Å²) in [5, 5.41) is 2.77. The van der Waals surface area contributed by atoms with E-state index < -0.39 is 0 Å². The van der Waals surface area contributed by atoms with Gasteiger partial charge in [-0.3, -0.25) is 4.79 Å². The van der Waals surface area contributed by atoms with Gasteiger partial charge in [-0.1, -0.05) is 38.2 Å². The number of unbranched alkanes of at least 4 members (excludes halogenated alkanes) is 7. The predicted molar refractivity (Wildman–Crippen MR) is 70.9 cm³/mol. The van der Waals surface area contributed by atoms with Crippen molar-refractivity contribution in [2.75, 3.05) is 12.4 Å². The molecule has 0 saturated heterocycles. The number of allylic oxidation sites excluding steroid dienone is 1. The van der Waals surface area contributed by atoms with Gasteiger partial charge in [-0.05, 0) is 19.3 Å². The molecular formula is C13H24ClNO. The highest BCUT2D eigenvalue weighted by atomic mass is 35.5. The van der Waals surface area contributed by atoms with Gasteiger partial charge in [0.1, 0.15) is 5.88 Å². The fourth-order valence-electron chi connectivity index (χ4n) is 1.57. The molecule has 0 spiro atoms. The number of nitrogens with one attached hydrogen (secondary N) is 1. The summed E-state index contributed by atoms with van der Waals surface area (Å²) >= 11 is 5.36. The van der Waals surface area contributed by atoms with Gasteiger partial charge in [0, 0.05) is 6.54 Å². The molecule has 0 aromatic carbocycles. The van der Waals surface area contributed by atoms with Crippen molar-refractivity contribution in [3.63, 3.8) is 0 Å². The minimum absolute atomic E-state index is 0.0638. The Balaban J connectivity index is 2.98. The van der Waals surface area contributed by atoms with E-state index in [0.717, 1.165) is 19.4 Å². The van der Waals surface area contributed by atoms with E-state index in [1.54, 1.807) is 0 Å². The zero-order valence-corrected chi connectivity index (χ0v) is 10.9. The number of carbonyl (C=O) groups excluding carboxylic acids is 1. The van der Waals surface area contributed by atoms with E-state index in [2.05, 4.69) is 11.9 Å². The molecule has 0 aliphatic carbocycles. The number of carbonyl (C=O) groups is 1. The maximum absolute atomic E-state index is 10.8. The maximum Gasteiger partial charge on any atom is 0.234 e. The number of alkyl halides is 1. The predicted octanol–water partition coefficient (Wildman–Crippen LogP) is 3.65.